The average Bonchev–Trinajstić information content (AvgIpc) is 2.25. The van der Waals surface area contributed by atoms with E-state index in [4.69, 9.17) is 18.6 Å². The molecule has 0 amide bonds. The number of ether oxygens (including phenoxy) is 3. The van der Waals surface area contributed by atoms with E-state index in [1.807, 2.05) is 0 Å². The van der Waals surface area contributed by atoms with Crippen molar-refractivity contribution < 1.29 is 18.6 Å². The van der Waals surface area contributed by atoms with Gasteiger partial charge in [0.25, 0.3) is 5.97 Å². The molecule has 0 radical (unpaired) electrons. The van der Waals surface area contributed by atoms with Crippen LogP contribution in [0.15, 0.2) is 0 Å². The lowest BCUT2D eigenvalue weighted by Crippen LogP contribution is -2.49. The monoisotopic (exact) mass is 240 g/mol. The van der Waals surface area contributed by atoms with E-state index in [9.17, 15) is 0 Å². The van der Waals surface area contributed by atoms with Crippen LogP contribution < -0.4 is 0 Å². The number of hydrogen-bond acceptors (Lipinski definition) is 5. The van der Waals surface area contributed by atoms with Crippen molar-refractivity contribution in [3.05, 3.63) is 0 Å². The van der Waals surface area contributed by atoms with Gasteiger partial charge < -0.3 is 18.6 Å². The van der Waals surface area contributed by atoms with Gasteiger partial charge in [-0.25, -0.2) is 0 Å². The molecule has 1 unspecified atom stereocenters. The van der Waals surface area contributed by atoms with Crippen LogP contribution >= 0.6 is 12.6 Å². The highest BCUT2D eigenvalue weighted by atomic mass is 32.1. The van der Waals surface area contributed by atoms with Crippen molar-refractivity contribution in [2.24, 2.45) is 0 Å². The topological polar surface area (TPSA) is 36.9 Å². The molecule has 0 saturated carbocycles. The van der Waals surface area contributed by atoms with E-state index in [1.54, 1.807) is 21.3 Å². The predicted octanol–water partition coefficient (Wildman–Crippen LogP) is -0.0450. The minimum absolute atomic E-state index is 0.220. The van der Waals surface area contributed by atoms with E-state index >= 15 is 0 Å². The Morgan fingerprint density at radius 2 is 1.86 bits per heavy atom. The molecule has 4 nitrogen and oxygen atoms in total. The first kappa shape index (κ1) is 14.4. The highest BCUT2D eigenvalue weighted by Crippen LogP contribution is 2.23. The Balaban J connectivity index is 4.40. The molecule has 86 valence electrons. The van der Waals surface area contributed by atoms with Crippen molar-refractivity contribution in [2.45, 2.75) is 24.9 Å². The highest BCUT2D eigenvalue weighted by molar-refractivity contribution is 7.80. The number of rotatable bonds is 8. The molecule has 6 heteroatoms. The minimum Gasteiger partial charge on any atom is -0.378 e. The lowest BCUT2D eigenvalue weighted by molar-refractivity contribution is -0.365. The molecule has 0 heterocycles. The summed E-state index contributed by atoms with van der Waals surface area (Å²) >= 11 is 4.15. The lowest BCUT2D eigenvalue weighted by Gasteiger charge is -2.35. The molecule has 0 aromatic carbocycles. The standard InChI is InChI=1S/C8H20O4SSi/c1-9-7(5-4-6-13)8(10-2,11-3)12-14/h7,13H,4-6H2,1-3,14H3. The van der Waals surface area contributed by atoms with E-state index < -0.39 is 5.97 Å². The molecule has 0 aliphatic carbocycles. The molecule has 0 rings (SSSR count). The summed E-state index contributed by atoms with van der Waals surface area (Å²) in [7, 11) is 5.25. The van der Waals surface area contributed by atoms with Crippen molar-refractivity contribution in [3.8, 4) is 0 Å². The smallest absolute Gasteiger partial charge is 0.300 e. The molecule has 0 aromatic heterocycles. The molecule has 0 spiro atoms. The molecule has 0 saturated heterocycles. The molecule has 0 aliphatic rings. The Labute approximate surface area is 94.2 Å². The molecule has 14 heavy (non-hydrogen) atoms. The maximum Gasteiger partial charge on any atom is 0.300 e. The van der Waals surface area contributed by atoms with Crippen LogP contribution in [0.3, 0.4) is 0 Å². The minimum atomic E-state index is -1.05. The summed E-state index contributed by atoms with van der Waals surface area (Å²) in [6.07, 6.45) is 1.51. The van der Waals surface area contributed by atoms with Crippen molar-refractivity contribution in [1.82, 2.24) is 0 Å². The van der Waals surface area contributed by atoms with Crippen molar-refractivity contribution in [1.29, 1.82) is 0 Å². The third-order valence-corrected chi connectivity index (χ3v) is 3.04. The fourth-order valence-corrected chi connectivity index (χ4v) is 2.14. The second-order valence-corrected chi connectivity index (χ2v) is 3.66. The summed E-state index contributed by atoms with van der Waals surface area (Å²) in [6.45, 7) is 0. The average molecular weight is 240 g/mol. The molecule has 0 fully saturated rings. The van der Waals surface area contributed by atoms with Gasteiger partial charge in [0.2, 0.25) is 0 Å². The van der Waals surface area contributed by atoms with Gasteiger partial charge in [0.05, 0.1) is 0 Å². The molecule has 0 N–H and O–H groups in total. The SMILES string of the molecule is COC(CCCS)C(OC)(OC)O[SiH3]. The Morgan fingerprint density at radius 3 is 2.14 bits per heavy atom. The van der Waals surface area contributed by atoms with Crippen LogP contribution in [0.1, 0.15) is 12.8 Å². The Morgan fingerprint density at radius 1 is 1.29 bits per heavy atom. The van der Waals surface area contributed by atoms with E-state index in [1.165, 1.54) is 0 Å². The Kier molecular flexibility index (Phi) is 7.89. The Bertz CT molecular complexity index is 135. The molecule has 0 aliphatic heterocycles. The van der Waals surface area contributed by atoms with Gasteiger partial charge in [0, 0.05) is 21.3 Å². The first-order valence-electron chi connectivity index (χ1n) is 4.49. The second-order valence-electron chi connectivity index (χ2n) is 2.81. The van der Waals surface area contributed by atoms with Crippen LogP contribution in [-0.4, -0.2) is 49.6 Å². The third kappa shape index (κ3) is 3.52. The highest BCUT2D eigenvalue weighted by Gasteiger charge is 2.39. The van der Waals surface area contributed by atoms with Crippen LogP contribution in [0.2, 0.25) is 0 Å². The normalized spacial score (nSPS) is 14.6. The third-order valence-electron chi connectivity index (χ3n) is 2.16. The predicted molar refractivity (Wildman–Crippen MR) is 61.7 cm³/mol. The number of thiol groups is 1. The van der Waals surface area contributed by atoms with Gasteiger partial charge in [-0.1, -0.05) is 0 Å². The van der Waals surface area contributed by atoms with Gasteiger partial charge in [0.1, 0.15) is 6.10 Å². The fraction of sp³-hybridized carbons (Fsp3) is 1.00. The molecule has 0 bridgehead atoms. The van der Waals surface area contributed by atoms with Crippen molar-refractivity contribution >= 4 is 23.1 Å². The van der Waals surface area contributed by atoms with Crippen molar-refractivity contribution in [2.75, 3.05) is 27.1 Å². The van der Waals surface area contributed by atoms with Crippen molar-refractivity contribution in [3.63, 3.8) is 0 Å². The van der Waals surface area contributed by atoms with Gasteiger partial charge in [-0.2, -0.15) is 12.6 Å². The summed E-state index contributed by atoms with van der Waals surface area (Å²) in [6, 6.07) is 0. The van der Waals surface area contributed by atoms with Gasteiger partial charge in [-0.05, 0) is 18.6 Å². The summed E-state index contributed by atoms with van der Waals surface area (Å²) in [5, 5.41) is 0. The van der Waals surface area contributed by atoms with Gasteiger partial charge in [-0.15, -0.1) is 0 Å². The lowest BCUT2D eigenvalue weighted by atomic mass is 10.2. The van der Waals surface area contributed by atoms with E-state index in [-0.39, 0.29) is 6.10 Å². The van der Waals surface area contributed by atoms with Gasteiger partial charge in [-0.3, -0.25) is 0 Å². The number of methoxy groups -OCH3 is 3. The maximum atomic E-state index is 5.33. The van der Waals surface area contributed by atoms with Gasteiger partial charge in [0.15, 0.2) is 10.5 Å². The zero-order valence-electron chi connectivity index (χ0n) is 9.28. The first-order valence-corrected chi connectivity index (χ1v) is 5.94. The summed E-state index contributed by atoms with van der Waals surface area (Å²) in [5.74, 6) is -0.242. The van der Waals surface area contributed by atoms with E-state index in [0.29, 0.717) is 10.5 Å². The van der Waals surface area contributed by atoms with Crippen LogP contribution in [0.4, 0.5) is 0 Å². The zero-order chi connectivity index (χ0) is 11.0. The maximum absolute atomic E-state index is 5.33. The number of hydrogen-bond donors (Lipinski definition) is 1. The summed E-state index contributed by atoms with van der Waals surface area (Å²) in [5.41, 5.74) is 0. The summed E-state index contributed by atoms with van der Waals surface area (Å²) in [4.78, 5) is 0. The van der Waals surface area contributed by atoms with Gasteiger partial charge >= 0.3 is 0 Å². The van der Waals surface area contributed by atoms with Crippen LogP contribution in [0.5, 0.6) is 0 Å². The zero-order valence-corrected chi connectivity index (χ0v) is 12.2. The van der Waals surface area contributed by atoms with E-state index in [2.05, 4.69) is 12.6 Å². The molecular weight excluding hydrogens is 220 g/mol. The quantitative estimate of drug-likeness (QED) is 0.367. The molecule has 1 atom stereocenters. The Hall–Kier alpha value is 0.407. The van der Waals surface area contributed by atoms with E-state index in [0.717, 1.165) is 18.6 Å². The first-order chi connectivity index (χ1) is 6.70. The largest absolute Gasteiger partial charge is 0.378 e. The van der Waals surface area contributed by atoms with Crippen LogP contribution in [0, 0.1) is 0 Å². The molecular formula is C8H20O4SSi. The van der Waals surface area contributed by atoms with Crippen LogP contribution in [-0.2, 0) is 18.6 Å². The fourth-order valence-electron chi connectivity index (χ4n) is 1.36. The molecule has 0 aromatic rings. The van der Waals surface area contributed by atoms with Crippen LogP contribution in [0.25, 0.3) is 0 Å². The second kappa shape index (κ2) is 7.67. The summed E-state index contributed by atoms with van der Waals surface area (Å²) < 4.78 is 21.1.